The minimum absolute atomic E-state index is 0.0326. The van der Waals surface area contributed by atoms with Crippen molar-refractivity contribution in [3.63, 3.8) is 0 Å². The molecule has 1 aliphatic rings. The van der Waals surface area contributed by atoms with Gasteiger partial charge in [-0.25, -0.2) is 9.59 Å². The van der Waals surface area contributed by atoms with Crippen molar-refractivity contribution in [3.05, 3.63) is 60.2 Å². The van der Waals surface area contributed by atoms with Crippen molar-refractivity contribution >= 4 is 35.3 Å². The van der Waals surface area contributed by atoms with E-state index in [2.05, 4.69) is 17.9 Å². The molecule has 49 heavy (non-hydrogen) atoms. The molecule has 14 heteroatoms. The number of hydrogen-bond donors (Lipinski definition) is 2. The van der Waals surface area contributed by atoms with E-state index in [1.54, 1.807) is 45.1 Å². The maximum absolute atomic E-state index is 13.3. The van der Waals surface area contributed by atoms with Gasteiger partial charge in [-0.3, -0.25) is 4.79 Å². The fraction of sp³-hybridized carbons (Fsp3) is 0.400. The summed E-state index contributed by atoms with van der Waals surface area (Å²) in [5.41, 5.74) is 1.79. The topological polar surface area (TPSA) is 154 Å². The molecule has 13 nitrogen and oxygen atoms in total. The van der Waals surface area contributed by atoms with E-state index in [-0.39, 0.29) is 11.2 Å². The summed E-state index contributed by atoms with van der Waals surface area (Å²) in [5.74, 6) is -0.00255. The van der Waals surface area contributed by atoms with Crippen LogP contribution in [0.25, 0.3) is 0 Å². The molecule has 0 aliphatic carbocycles. The van der Waals surface area contributed by atoms with Crippen LogP contribution in [0.3, 0.4) is 0 Å². The van der Waals surface area contributed by atoms with Crippen molar-refractivity contribution in [2.75, 3.05) is 73.2 Å². The Labute approximate surface area is 290 Å². The van der Waals surface area contributed by atoms with Gasteiger partial charge in [0, 0.05) is 30.1 Å². The molecule has 2 N–H and O–H groups in total. The maximum atomic E-state index is 13.3. The molecule has 0 fully saturated rings. The summed E-state index contributed by atoms with van der Waals surface area (Å²) in [6, 6.07) is 17.3. The van der Waals surface area contributed by atoms with Gasteiger partial charge in [0.05, 0.1) is 40.7 Å². The van der Waals surface area contributed by atoms with Crippen molar-refractivity contribution in [3.8, 4) is 34.5 Å². The van der Waals surface area contributed by atoms with Crippen LogP contribution < -0.4 is 33.3 Å². The number of carboxylic acid groups (broad SMARTS) is 2. The van der Waals surface area contributed by atoms with E-state index in [9.17, 15) is 4.79 Å². The van der Waals surface area contributed by atoms with Crippen LogP contribution in [0.5, 0.6) is 34.5 Å². The van der Waals surface area contributed by atoms with Crippen molar-refractivity contribution in [1.29, 1.82) is 0 Å². The summed E-state index contributed by atoms with van der Waals surface area (Å²) in [5, 5.41) is 14.4. The summed E-state index contributed by atoms with van der Waals surface area (Å²) < 4.78 is 34.1. The van der Waals surface area contributed by atoms with Gasteiger partial charge in [-0.1, -0.05) is 19.1 Å². The Morgan fingerprint density at radius 2 is 1.45 bits per heavy atom. The molecule has 0 aromatic heterocycles. The van der Waals surface area contributed by atoms with Gasteiger partial charge in [0.25, 0.3) is 0 Å². The average Bonchev–Trinajstić information content (AvgIpc) is 3.11. The molecule has 1 atom stereocenters. The number of para-hydroxylation sites is 1. The van der Waals surface area contributed by atoms with Gasteiger partial charge in [0.15, 0.2) is 11.5 Å². The van der Waals surface area contributed by atoms with Crippen LogP contribution in [-0.4, -0.2) is 101 Å². The average molecular weight is 701 g/mol. The lowest BCUT2D eigenvalue weighted by molar-refractivity contribution is -0.159. The number of thioether (sulfide) groups is 1. The van der Waals surface area contributed by atoms with E-state index in [0.717, 1.165) is 48.6 Å². The summed E-state index contributed by atoms with van der Waals surface area (Å²) in [7, 11) is 8.21. The van der Waals surface area contributed by atoms with E-state index in [0.29, 0.717) is 47.7 Å². The van der Waals surface area contributed by atoms with E-state index in [4.69, 9.17) is 48.2 Å². The van der Waals surface area contributed by atoms with E-state index >= 15 is 0 Å². The molecule has 0 saturated heterocycles. The number of carboxylic acids is 2. The molecule has 3 aromatic rings. The highest BCUT2D eigenvalue weighted by Gasteiger charge is 2.34. The maximum Gasteiger partial charge on any atom is 0.414 e. The first-order valence-corrected chi connectivity index (χ1v) is 16.4. The van der Waals surface area contributed by atoms with Gasteiger partial charge in [-0.15, -0.1) is 11.8 Å². The lowest BCUT2D eigenvalue weighted by Gasteiger charge is -2.32. The normalized spacial score (nSPS) is 13.5. The summed E-state index contributed by atoms with van der Waals surface area (Å²) >= 11 is 1.56. The molecule has 1 aliphatic heterocycles. The zero-order valence-electron chi connectivity index (χ0n) is 28.6. The monoisotopic (exact) mass is 700 g/mol. The Kier molecular flexibility index (Phi) is 15.2. The minimum atomic E-state index is -1.82. The zero-order valence-corrected chi connectivity index (χ0v) is 29.4. The third kappa shape index (κ3) is 10.3. The van der Waals surface area contributed by atoms with Gasteiger partial charge in [0.1, 0.15) is 23.4 Å². The first-order chi connectivity index (χ1) is 23.6. The largest absolute Gasteiger partial charge is 0.497 e. The van der Waals surface area contributed by atoms with Gasteiger partial charge in [-0.2, -0.15) is 0 Å². The Balaban J connectivity index is 0.000000992. The Bertz CT molecular complexity index is 1560. The number of fused-ring (bicyclic) bond motifs is 1. The Morgan fingerprint density at radius 3 is 2.08 bits per heavy atom. The van der Waals surface area contributed by atoms with Crippen LogP contribution in [0.2, 0.25) is 0 Å². The van der Waals surface area contributed by atoms with Gasteiger partial charge < -0.3 is 48.4 Å². The number of hydrogen-bond acceptors (Lipinski definition) is 11. The number of unbranched alkanes of at least 4 members (excludes halogenated alkanes) is 1. The van der Waals surface area contributed by atoms with Crippen LogP contribution >= 0.6 is 11.8 Å². The summed E-state index contributed by atoms with van der Waals surface area (Å²) in [6.07, 6.45) is 1.83. The highest BCUT2D eigenvalue weighted by molar-refractivity contribution is 8.00. The molecule has 3 aromatic carbocycles. The number of methoxy groups -OCH3 is 4. The second-order valence-corrected chi connectivity index (χ2v) is 11.7. The second kappa shape index (κ2) is 19.2. The van der Waals surface area contributed by atoms with Gasteiger partial charge in [0.2, 0.25) is 17.4 Å². The summed E-state index contributed by atoms with van der Waals surface area (Å²) in [6.45, 7) is 5.77. The number of rotatable bonds is 16. The lowest BCUT2D eigenvalue weighted by atomic mass is 10.1. The molecule has 1 unspecified atom stereocenters. The molecule has 0 spiro atoms. The fourth-order valence-corrected chi connectivity index (χ4v) is 6.32. The number of anilines is 1. The van der Waals surface area contributed by atoms with Crippen molar-refractivity contribution in [2.24, 2.45) is 0 Å². The first kappa shape index (κ1) is 38.6. The third-order valence-corrected chi connectivity index (χ3v) is 8.91. The van der Waals surface area contributed by atoms with Gasteiger partial charge >= 0.3 is 11.9 Å². The van der Waals surface area contributed by atoms with E-state index < -0.39 is 11.9 Å². The van der Waals surface area contributed by atoms with Crippen molar-refractivity contribution in [2.45, 2.75) is 29.9 Å². The number of nitrogens with zero attached hydrogens (tertiary/aromatic N) is 2. The molecular formula is C35H44N2O11S. The second-order valence-electron chi connectivity index (χ2n) is 10.5. The minimum Gasteiger partial charge on any atom is -0.497 e. The third-order valence-electron chi connectivity index (χ3n) is 7.62. The number of benzene rings is 3. The Morgan fingerprint density at radius 1 is 0.796 bits per heavy atom. The number of carbonyl (C=O) groups is 3. The predicted octanol–water partition coefficient (Wildman–Crippen LogP) is 5.25. The van der Waals surface area contributed by atoms with Crippen LogP contribution in [0.15, 0.2) is 59.5 Å². The molecule has 266 valence electrons. The number of likely N-dealkylation sites (N-methyl/N-ethyl adjacent to an activating group) is 2. The molecule has 0 radical (unpaired) electrons. The van der Waals surface area contributed by atoms with Crippen molar-refractivity contribution < 1.29 is 53.0 Å². The van der Waals surface area contributed by atoms with Crippen molar-refractivity contribution in [1.82, 2.24) is 4.90 Å². The van der Waals surface area contributed by atoms with Crippen LogP contribution in [0.1, 0.15) is 30.6 Å². The zero-order chi connectivity index (χ0) is 35.9. The summed E-state index contributed by atoms with van der Waals surface area (Å²) in [4.78, 5) is 36.7. The predicted molar refractivity (Wildman–Crippen MR) is 185 cm³/mol. The molecule has 1 heterocycles. The number of carbonyl (C=O) groups excluding carboxylic acids is 1. The van der Waals surface area contributed by atoms with Crippen LogP contribution in [0, 0.1) is 0 Å². The smallest absolute Gasteiger partial charge is 0.414 e. The van der Waals surface area contributed by atoms with Crippen LogP contribution in [0.4, 0.5) is 5.69 Å². The number of amides is 1. The SMILES string of the molecule is CCN(CCCCOc1cc(OC)ccc1C1Sc2ccccc2N(C)C1=O)CCOc1ccc(OC)c(OC)c1OC.O=C(O)C(=O)O. The van der Waals surface area contributed by atoms with E-state index in [1.165, 1.54) is 0 Å². The highest BCUT2D eigenvalue weighted by atomic mass is 32.2. The van der Waals surface area contributed by atoms with Crippen LogP contribution in [-0.2, 0) is 14.4 Å². The Hall–Kier alpha value is -4.82. The number of ether oxygens (including phenoxy) is 6. The molecule has 1 amide bonds. The molecule has 4 rings (SSSR count). The lowest BCUT2D eigenvalue weighted by Crippen LogP contribution is -2.33. The van der Waals surface area contributed by atoms with Gasteiger partial charge in [-0.05, 0) is 62.3 Å². The molecule has 0 bridgehead atoms. The fourth-order valence-electron chi connectivity index (χ4n) is 5.01. The quantitative estimate of drug-likeness (QED) is 0.148. The first-order valence-electron chi connectivity index (χ1n) is 15.5. The van der Waals surface area contributed by atoms with E-state index in [1.807, 2.05) is 55.6 Å². The number of aliphatic carboxylic acids is 2. The molecule has 0 saturated carbocycles. The molecular weight excluding hydrogens is 656 g/mol. The standard InChI is InChI=1S/C33H42N2O7S.C2H2O4/c1-7-35(19-21-42-27-17-16-26(38-4)30(39-5)31(27)40-6)18-10-11-20-41-28-22-23(37-3)14-15-24(28)32-33(36)34(2)25-12-8-9-13-29(25)43-32;3-1(4)2(5)6/h8-9,12-17,22,32H,7,10-11,18-21H2,1-6H3;(H,3,4)(H,5,6). The highest BCUT2D eigenvalue weighted by Crippen LogP contribution is 2.48.